The van der Waals surface area contributed by atoms with Crippen molar-refractivity contribution in [3.8, 4) is 0 Å². The summed E-state index contributed by atoms with van der Waals surface area (Å²) in [6, 6.07) is 9.82. The number of nitrogens with one attached hydrogen (secondary N) is 2. The predicted molar refractivity (Wildman–Crippen MR) is 137 cm³/mol. The minimum atomic E-state index is -0.942. The van der Waals surface area contributed by atoms with E-state index in [9.17, 15) is 13.8 Å². The molecule has 1 heterocycles. The van der Waals surface area contributed by atoms with Gasteiger partial charge in [0, 0.05) is 49.0 Å². The van der Waals surface area contributed by atoms with Crippen LogP contribution in [0.5, 0.6) is 0 Å². The summed E-state index contributed by atoms with van der Waals surface area (Å²) >= 11 is 0. The fourth-order valence-electron chi connectivity index (χ4n) is 4.96. The molecule has 3 aliphatic rings. The molecule has 5 atom stereocenters. The number of imide groups is 1. The normalized spacial score (nSPS) is 26.8. The van der Waals surface area contributed by atoms with E-state index in [1.807, 2.05) is 30.3 Å². The summed E-state index contributed by atoms with van der Waals surface area (Å²) in [6.45, 7) is 1.60. The van der Waals surface area contributed by atoms with Crippen molar-refractivity contribution in [2.45, 2.75) is 18.6 Å². The maximum absolute atomic E-state index is 12.7. The third kappa shape index (κ3) is 5.41. The van der Waals surface area contributed by atoms with Crippen molar-refractivity contribution in [2.75, 3.05) is 32.4 Å². The fourth-order valence-corrected chi connectivity index (χ4v) is 6.00. The van der Waals surface area contributed by atoms with Gasteiger partial charge < -0.3 is 10.6 Å². The van der Waals surface area contributed by atoms with E-state index in [2.05, 4.69) is 27.8 Å². The maximum Gasteiger partial charge on any atom is 0.233 e. The monoisotopic (exact) mass is 570 g/mol. The SMILES string of the molecule is CN=C(NCCCN1C(=O)C2C3C=CC(C3)C2C1=O)NCCS(=O)Cc1ccccc1.I. The highest BCUT2D eigenvalue weighted by molar-refractivity contribution is 14.0. The Bertz CT molecular complexity index is 878. The zero-order valence-electron chi connectivity index (χ0n) is 18.2. The lowest BCUT2D eigenvalue weighted by molar-refractivity contribution is -0.140. The molecule has 1 aromatic rings. The Morgan fingerprint density at radius 1 is 1.06 bits per heavy atom. The number of fused-ring (bicyclic) bond motifs is 5. The number of hydrogen-bond acceptors (Lipinski definition) is 4. The Morgan fingerprint density at radius 3 is 2.31 bits per heavy atom. The number of guanidine groups is 1. The largest absolute Gasteiger partial charge is 0.356 e. The molecular formula is C23H31IN4O3S. The van der Waals surface area contributed by atoms with Crippen molar-refractivity contribution < 1.29 is 13.8 Å². The smallest absolute Gasteiger partial charge is 0.233 e. The quantitative estimate of drug-likeness (QED) is 0.118. The van der Waals surface area contributed by atoms with Crippen LogP contribution in [0.2, 0.25) is 0 Å². The molecule has 1 aromatic carbocycles. The van der Waals surface area contributed by atoms with Gasteiger partial charge in [0.15, 0.2) is 5.96 Å². The van der Waals surface area contributed by atoms with E-state index < -0.39 is 10.8 Å². The first kappa shape index (κ1) is 24.9. The molecule has 1 saturated heterocycles. The summed E-state index contributed by atoms with van der Waals surface area (Å²) in [6.07, 6.45) is 5.86. The van der Waals surface area contributed by atoms with E-state index in [0.29, 0.717) is 43.5 Å². The first-order chi connectivity index (χ1) is 15.1. The van der Waals surface area contributed by atoms with Gasteiger partial charge in [-0.15, -0.1) is 24.0 Å². The lowest BCUT2D eigenvalue weighted by Gasteiger charge is -2.18. The van der Waals surface area contributed by atoms with E-state index in [1.165, 1.54) is 4.90 Å². The number of likely N-dealkylation sites (tertiary alicyclic amines) is 1. The molecule has 32 heavy (non-hydrogen) atoms. The molecule has 174 valence electrons. The molecule has 0 radical (unpaired) electrons. The van der Waals surface area contributed by atoms with E-state index in [-0.39, 0.29) is 59.5 Å². The lowest BCUT2D eigenvalue weighted by atomic mass is 9.85. The lowest BCUT2D eigenvalue weighted by Crippen LogP contribution is -2.41. The van der Waals surface area contributed by atoms with Crippen LogP contribution in [0.1, 0.15) is 18.4 Å². The van der Waals surface area contributed by atoms with Gasteiger partial charge in [0.25, 0.3) is 0 Å². The Morgan fingerprint density at radius 2 is 1.69 bits per heavy atom. The van der Waals surface area contributed by atoms with Gasteiger partial charge in [0.05, 0.1) is 11.8 Å². The van der Waals surface area contributed by atoms with Crippen LogP contribution in [0.3, 0.4) is 0 Å². The number of amides is 2. The van der Waals surface area contributed by atoms with Gasteiger partial charge in [-0.05, 0) is 30.2 Å². The summed E-state index contributed by atoms with van der Waals surface area (Å²) in [7, 11) is 0.746. The molecule has 5 unspecified atom stereocenters. The summed E-state index contributed by atoms with van der Waals surface area (Å²) in [5.41, 5.74) is 1.07. The molecule has 0 spiro atoms. The fraction of sp³-hybridized carbons (Fsp3) is 0.522. The van der Waals surface area contributed by atoms with Crippen LogP contribution in [0.15, 0.2) is 47.5 Å². The second-order valence-electron chi connectivity index (χ2n) is 8.38. The number of carbonyl (C=O) groups excluding carboxylic acids is 2. The van der Waals surface area contributed by atoms with Crippen LogP contribution in [0.4, 0.5) is 0 Å². The number of rotatable bonds is 9. The Hall–Kier alpha value is -1.75. The minimum Gasteiger partial charge on any atom is -0.356 e. The summed E-state index contributed by atoms with van der Waals surface area (Å²) < 4.78 is 12.2. The molecule has 2 aliphatic carbocycles. The highest BCUT2D eigenvalue weighted by atomic mass is 127. The number of allylic oxidation sites excluding steroid dienone is 2. The third-order valence-electron chi connectivity index (χ3n) is 6.43. The van der Waals surface area contributed by atoms with Crippen molar-refractivity contribution in [1.29, 1.82) is 0 Å². The van der Waals surface area contributed by atoms with Gasteiger partial charge in [-0.2, -0.15) is 0 Å². The average molecular weight is 570 g/mol. The zero-order chi connectivity index (χ0) is 21.8. The first-order valence-electron chi connectivity index (χ1n) is 11.0. The zero-order valence-corrected chi connectivity index (χ0v) is 21.4. The Balaban J connectivity index is 0.00000289. The average Bonchev–Trinajstić information content (AvgIpc) is 3.45. The molecule has 2 amide bonds. The van der Waals surface area contributed by atoms with Gasteiger partial charge in [0.1, 0.15) is 0 Å². The highest BCUT2D eigenvalue weighted by Crippen LogP contribution is 2.52. The number of halogens is 1. The second-order valence-corrected chi connectivity index (χ2v) is 9.96. The van der Waals surface area contributed by atoms with Gasteiger partial charge in [-0.25, -0.2) is 0 Å². The van der Waals surface area contributed by atoms with E-state index >= 15 is 0 Å². The number of aliphatic imine (C=N–C) groups is 1. The van der Waals surface area contributed by atoms with Gasteiger partial charge in [0.2, 0.25) is 11.8 Å². The van der Waals surface area contributed by atoms with Crippen LogP contribution in [0.25, 0.3) is 0 Å². The molecule has 1 aliphatic heterocycles. The number of benzene rings is 1. The van der Waals surface area contributed by atoms with E-state index in [4.69, 9.17) is 0 Å². The topological polar surface area (TPSA) is 90.9 Å². The van der Waals surface area contributed by atoms with Crippen molar-refractivity contribution in [3.05, 3.63) is 48.0 Å². The van der Waals surface area contributed by atoms with Crippen LogP contribution >= 0.6 is 24.0 Å². The first-order valence-corrected chi connectivity index (χ1v) is 12.4. The van der Waals surface area contributed by atoms with Crippen molar-refractivity contribution >= 4 is 52.6 Å². The van der Waals surface area contributed by atoms with E-state index in [1.54, 1.807) is 7.05 Å². The maximum atomic E-state index is 12.7. The third-order valence-corrected chi connectivity index (χ3v) is 7.74. The molecule has 1 saturated carbocycles. The molecule has 2 N–H and O–H groups in total. The number of carbonyl (C=O) groups is 2. The minimum absolute atomic E-state index is 0. The standard InChI is InChI=1S/C23H30N4O3S.HI/c1-24-23(26-11-13-31(30)15-16-6-3-2-4-7-16)25-10-5-12-27-21(28)19-17-8-9-18(14-17)20(19)22(27)29;/h2-4,6-9,17-20H,5,10-15H2,1H3,(H2,24,25,26);1H. The molecule has 9 heteroatoms. The molecule has 4 rings (SSSR count). The Labute approximate surface area is 209 Å². The summed E-state index contributed by atoms with van der Waals surface area (Å²) in [5, 5.41) is 6.38. The van der Waals surface area contributed by atoms with E-state index in [0.717, 1.165) is 12.0 Å². The number of hydrogen-bond donors (Lipinski definition) is 2. The Kier molecular flexibility index (Phi) is 8.87. The van der Waals surface area contributed by atoms with Gasteiger partial charge in [-0.3, -0.25) is 23.7 Å². The second kappa shape index (κ2) is 11.4. The van der Waals surface area contributed by atoms with Crippen LogP contribution in [0, 0.1) is 23.7 Å². The van der Waals surface area contributed by atoms with Crippen LogP contribution < -0.4 is 10.6 Å². The van der Waals surface area contributed by atoms with Crippen molar-refractivity contribution in [3.63, 3.8) is 0 Å². The van der Waals surface area contributed by atoms with Crippen LogP contribution in [-0.4, -0.2) is 59.3 Å². The molecule has 7 nitrogen and oxygen atoms in total. The summed E-state index contributed by atoms with van der Waals surface area (Å²) in [4.78, 5) is 31.0. The van der Waals surface area contributed by atoms with Crippen molar-refractivity contribution in [1.82, 2.24) is 15.5 Å². The highest BCUT2D eigenvalue weighted by Gasteiger charge is 2.58. The van der Waals surface area contributed by atoms with Gasteiger partial charge >= 0.3 is 0 Å². The van der Waals surface area contributed by atoms with Crippen LogP contribution in [-0.2, 0) is 26.1 Å². The number of nitrogens with zero attached hydrogens (tertiary/aromatic N) is 2. The molecular weight excluding hydrogens is 539 g/mol. The molecule has 0 aromatic heterocycles. The molecule has 2 bridgehead atoms. The van der Waals surface area contributed by atoms with Crippen molar-refractivity contribution in [2.24, 2.45) is 28.7 Å². The van der Waals surface area contributed by atoms with Gasteiger partial charge in [-0.1, -0.05) is 42.5 Å². The summed E-state index contributed by atoms with van der Waals surface area (Å²) in [5.74, 6) is 2.00. The predicted octanol–water partition coefficient (Wildman–Crippen LogP) is 1.92. The molecule has 2 fully saturated rings.